The fraction of sp³-hybridized carbons (Fsp3) is 0.533. The molecule has 1 aromatic carbocycles. The van der Waals surface area contributed by atoms with Crippen molar-refractivity contribution < 1.29 is 4.79 Å². The first-order valence-corrected chi connectivity index (χ1v) is 8.13. The van der Waals surface area contributed by atoms with E-state index >= 15 is 0 Å². The number of carbonyl (C=O) groups excluding carboxylic acids is 1. The van der Waals surface area contributed by atoms with E-state index in [2.05, 4.69) is 17.6 Å². The maximum absolute atomic E-state index is 12.0. The zero-order valence-corrected chi connectivity index (χ0v) is 12.4. The molecular weight excluding hydrogens is 256 g/mol. The van der Waals surface area contributed by atoms with Gasteiger partial charge in [-0.25, -0.2) is 4.79 Å². The summed E-state index contributed by atoms with van der Waals surface area (Å²) in [5.74, 6) is 0.581. The molecule has 0 spiro atoms. The lowest BCUT2D eigenvalue weighted by Gasteiger charge is -2.29. The van der Waals surface area contributed by atoms with Crippen LogP contribution in [0.1, 0.15) is 32.6 Å². The monoisotopic (exact) mass is 278 g/mol. The van der Waals surface area contributed by atoms with Crippen molar-refractivity contribution in [2.24, 2.45) is 5.92 Å². The molecule has 1 aromatic rings. The molecule has 1 fully saturated rings. The Labute approximate surface area is 119 Å². The predicted octanol–water partition coefficient (Wildman–Crippen LogP) is 4.11. The molecule has 2 amide bonds. The van der Waals surface area contributed by atoms with Crippen LogP contribution in [0.4, 0.5) is 10.5 Å². The third-order valence-electron chi connectivity index (χ3n) is 3.76. The number of hydrogen-bond donors (Lipinski definition) is 2. The van der Waals surface area contributed by atoms with Crippen molar-refractivity contribution >= 4 is 23.5 Å². The number of nitrogens with one attached hydrogen (secondary N) is 2. The summed E-state index contributed by atoms with van der Waals surface area (Å²) < 4.78 is 0. The van der Waals surface area contributed by atoms with Crippen LogP contribution in [-0.2, 0) is 0 Å². The van der Waals surface area contributed by atoms with Crippen LogP contribution in [0.3, 0.4) is 0 Å². The van der Waals surface area contributed by atoms with Crippen molar-refractivity contribution in [3.05, 3.63) is 24.3 Å². The van der Waals surface area contributed by atoms with Gasteiger partial charge in [0, 0.05) is 16.6 Å². The fourth-order valence-corrected chi connectivity index (χ4v) is 3.03. The molecule has 3 nitrogen and oxygen atoms in total. The van der Waals surface area contributed by atoms with Crippen LogP contribution in [0.15, 0.2) is 29.2 Å². The van der Waals surface area contributed by atoms with Gasteiger partial charge in [0.2, 0.25) is 0 Å². The van der Waals surface area contributed by atoms with Gasteiger partial charge in [0.15, 0.2) is 0 Å². The lowest BCUT2D eigenvalue weighted by atomic mass is 9.86. The summed E-state index contributed by atoms with van der Waals surface area (Å²) >= 11 is 1.67. The first-order valence-electron chi connectivity index (χ1n) is 6.90. The van der Waals surface area contributed by atoms with Gasteiger partial charge in [0.1, 0.15) is 0 Å². The number of urea groups is 1. The van der Waals surface area contributed by atoms with Crippen molar-refractivity contribution in [2.75, 3.05) is 11.6 Å². The molecule has 104 valence electrons. The normalized spacial score (nSPS) is 22.8. The molecule has 0 saturated heterocycles. The van der Waals surface area contributed by atoms with E-state index in [0.717, 1.165) is 17.0 Å². The number of carbonyl (C=O) groups is 1. The molecule has 1 saturated carbocycles. The lowest BCUT2D eigenvalue weighted by molar-refractivity contribution is 0.232. The quantitative estimate of drug-likeness (QED) is 0.817. The van der Waals surface area contributed by atoms with Gasteiger partial charge in [-0.15, -0.1) is 11.8 Å². The Kier molecular flexibility index (Phi) is 5.14. The van der Waals surface area contributed by atoms with Crippen LogP contribution < -0.4 is 10.6 Å². The van der Waals surface area contributed by atoms with Crippen LogP contribution in [0.2, 0.25) is 0 Å². The third kappa shape index (κ3) is 4.16. The van der Waals surface area contributed by atoms with Gasteiger partial charge in [-0.3, -0.25) is 0 Å². The number of rotatable bonds is 3. The van der Waals surface area contributed by atoms with Crippen molar-refractivity contribution in [3.63, 3.8) is 0 Å². The first-order chi connectivity index (χ1) is 9.19. The third-order valence-corrected chi connectivity index (χ3v) is 4.48. The average molecular weight is 278 g/mol. The van der Waals surface area contributed by atoms with Gasteiger partial charge in [-0.1, -0.05) is 25.8 Å². The Bertz CT molecular complexity index is 436. The predicted molar refractivity (Wildman–Crippen MR) is 81.8 cm³/mol. The highest BCUT2D eigenvalue weighted by Crippen LogP contribution is 2.24. The molecule has 0 radical (unpaired) electrons. The number of anilines is 1. The minimum Gasteiger partial charge on any atom is -0.335 e. The van der Waals surface area contributed by atoms with Crippen molar-refractivity contribution in [1.82, 2.24) is 5.32 Å². The van der Waals surface area contributed by atoms with Gasteiger partial charge in [-0.2, -0.15) is 0 Å². The van der Waals surface area contributed by atoms with Crippen LogP contribution in [0.5, 0.6) is 0 Å². The Hall–Kier alpha value is -1.16. The molecule has 2 N–H and O–H groups in total. The number of amides is 2. The molecule has 0 unspecified atom stereocenters. The van der Waals surface area contributed by atoms with Crippen molar-refractivity contribution in [2.45, 2.75) is 43.5 Å². The minimum absolute atomic E-state index is 0.0861. The van der Waals surface area contributed by atoms with E-state index in [9.17, 15) is 4.79 Å². The topological polar surface area (TPSA) is 41.1 Å². The maximum atomic E-state index is 12.0. The molecule has 0 heterocycles. The summed E-state index contributed by atoms with van der Waals surface area (Å²) in [4.78, 5) is 13.2. The molecule has 0 bridgehead atoms. The summed E-state index contributed by atoms with van der Waals surface area (Å²) in [6.07, 6.45) is 6.85. The number of hydrogen-bond acceptors (Lipinski definition) is 2. The Morgan fingerprint density at radius 1 is 1.32 bits per heavy atom. The molecule has 2 atom stereocenters. The van der Waals surface area contributed by atoms with Crippen LogP contribution in [0.25, 0.3) is 0 Å². The SMILES string of the molecule is CSc1cccc(NC(=O)N[C@@H]2CCCC[C@@H]2C)c1. The summed E-state index contributed by atoms with van der Waals surface area (Å²) in [7, 11) is 0. The minimum atomic E-state index is -0.0861. The van der Waals surface area contributed by atoms with Crippen LogP contribution >= 0.6 is 11.8 Å². The standard InChI is InChI=1S/C15H22N2OS/c1-11-6-3-4-9-14(11)17-15(18)16-12-7-5-8-13(10-12)19-2/h5,7-8,10-11,14H,3-4,6,9H2,1-2H3,(H2,16,17,18)/t11-,14+/m0/s1. The molecule has 19 heavy (non-hydrogen) atoms. The van der Waals surface area contributed by atoms with E-state index < -0.39 is 0 Å². The second-order valence-corrected chi connectivity index (χ2v) is 6.08. The molecule has 0 aromatic heterocycles. The molecule has 0 aliphatic heterocycles. The van der Waals surface area contributed by atoms with Crippen LogP contribution in [-0.4, -0.2) is 18.3 Å². The van der Waals surface area contributed by atoms with E-state index in [4.69, 9.17) is 0 Å². The smallest absolute Gasteiger partial charge is 0.319 e. The summed E-state index contributed by atoms with van der Waals surface area (Å²) in [5, 5.41) is 6.02. The molecule has 2 rings (SSSR count). The highest BCUT2D eigenvalue weighted by atomic mass is 32.2. The number of benzene rings is 1. The zero-order chi connectivity index (χ0) is 13.7. The van der Waals surface area contributed by atoms with Gasteiger partial charge in [-0.05, 0) is 43.2 Å². The van der Waals surface area contributed by atoms with E-state index in [0.29, 0.717) is 12.0 Å². The lowest BCUT2D eigenvalue weighted by Crippen LogP contribution is -2.43. The van der Waals surface area contributed by atoms with Gasteiger partial charge >= 0.3 is 6.03 Å². The first kappa shape index (κ1) is 14.3. The average Bonchev–Trinajstić information content (AvgIpc) is 2.41. The van der Waals surface area contributed by atoms with E-state index in [1.54, 1.807) is 11.8 Å². The van der Waals surface area contributed by atoms with E-state index in [1.165, 1.54) is 19.3 Å². The maximum Gasteiger partial charge on any atom is 0.319 e. The highest BCUT2D eigenvalue weighted by Gasteiger charge is 2.22. The summed E-state index contributed by atoms with van der Waals surface area (Å²) in [6, 6.07) is 8.15. The van der Waals surface area contributed by atoms with E-state index in [-0.39, 0.29) is 6.03 Å². The van der Waals surface area contributed by atoms with Gasteiger partial charge in [0.25, 0.3) is 0 Å². The zero-order valence-electron chi connectivity index (χ0n) is 11.6. The summed E-state index contributed by atoms with van der Waals surface area (Å²) in [5.41, 5.74) is 0.854. The van der Waals surface area contributed by atoms with E-state index in [1.807, 2.05) is 30.5 Å². The largest absolute Gasteiger partial charge is 0.335 e. The Morgan fingerprint density at radius 3 is 2.84 bits per heavy atom. The van der Waals surface area contributed by atoms with Crippen molar-refractivity contribution in [3.8, 4) is 0 Å². The molecular formula is C15H22N2OS. The second kappa shape index (κ2) is 6.85. The molecule has 4 heteroatoms. The highest BCUT2D eigenvalue weighted by molar-refractivity contribution is 7.98. The second-order valence-electron chi connectivity index (χ2n) is 5.20. The molecule has 1 aliphatic carbocycles. The van der Waals surface area contributed by atoms with Gasteiger partial charge < -0.3 is 10.6 Å². The number of thioether (sulfide) groups is 1. The van der Waals surface area contributed by atoms with Crippen LogP contribution in [0, 0.1) is 5.92 Å². The van der Waals surface area contributed by atoms with Crippen molar-refractivity contribution in [1.29, 1.82) is 0 Å². The van der Waals surface area contributed by atoms with Gasteiger partial charge in [0.05, 0.1) is 0 Å². The summed E-state index contributed by atoms with van der Waals surface area (Å²) in [6.45, 7) is 2.22. The Balaban J connectivity index is 1.89. The Morgan fingerprint density at radius 2 is 2.11 bits per heavy atom. The molecule has 1 aliphatic rings. The fourth-order valence-electron chi connectivity index (χ4n) is 2.57.